The highest BCUT2D eigenvalue weighted by atomic mass is 32.2. The molecule has 0 fully saturated rings. The van der Waals surface area contributed by atoms with E-state index in [1.54, 1.807) is 0 Å². The van der Waals surface area contributed by atoms with Gasteiger partial charge in [-0.3, -0.25) is 0 Å². The zero-order chi connectivity index (χ0) is 26.1. The zero-order valence-electron chi connectivity index (χ0n) is 21.4. The van der Waals surface area contributed by atoms with Crippen molar-refractivity contribution in [3.63, 3.8) is 0 Å². The third-order valence-corrected chi connectivity index (χ3v) is 13.5. The fourth-order valence-corrected chi connectivity index (χ4v) is 11.7. The third kappa shape index (κ3) is 4.02. The van der Waals surface area contributed by atoms with Gasteiger partial charge in [0.25, 0.3) is 0 Å². The van der Waals surface area contributed by atoms with Crippen LogP contribution in [0.25, 0.3) is 0 Å². The second-order valence-corrected chi connectivity index (χ2v) is 14.7. The molecule has 0 aliphatic carbocycles. The van der Waals surface area contributed by atoms with E-state index in [1.165, 1.54) is 47.6 Å². The summed E-state index contributed by atoms with van der Waals surface area (Å²) >= 11 is 1.85. The summed E-state index contributed by atoms with van der Waals surface area (Å²) in [6, 6.07) is 60.1. The molecule has 0 unspecified atom stereocenters. The average molecular weight is 534 g/mol. The molecule has 1 heterocycles. The van der Waals surface area contributed by atoms with E-state index in [4.69, 9.17) is 0 Å². The Balaban J connectivity index is 1.44. The average Bonchev–Trinajstić information content (AvgIpc) is 3.02. The van der Waals surface area contributed by atoms with E-state index in [0.29, 0.717) is 0 Å². The van der Waals surface area contributed by atoms with Crippen LogP contribution < -0.4 is 25.6 Å². The van der Waals surface area contributed by atoms with Crippen molar-refractivity contribution in [3.8, 4) is 0 Å². The molecular formula is C36H27NSSi. The minimum absolute atomic E-state index is 1.18. The van der Waals surface area contributed by atoms with E-state index in [-0.39, 0.29) is 0 Å². The first kappa shape index (κ1) is 23.8. The summed E-state index contributed by atoms with van der Waals surface area (Å²) < 4.78 is 0. The molecule has 0 saturated heterocycles. The number of anilines is 3. The minimum Gasteiger partial charge on any atom is -0.308 e. The summed E-state index contributed by atoms with van der Waals surface area (Å²) in [4.78, 5) is 4.96. The molecule has 3 heteroatoms. The summed E-state index contributed by atoms with van der Waals surface area (Å²) in [6.07, 6.45) is 0. The zero-order valence-corrected chi connectivity index (χ0v) is 23.3. The van der Waals surface area contributed by atoms with Gasteiger partial charge in [-0.2, -0.15) is 0 Å². The van der Waals surface area contributed by atoms with Crippen molar-refractivity contribution < 1.29 is 0 Å². The number of fused-ring (bicyclic) bond motifs is 2. The number of hydrogen-bond acceptors (Lipinski definition) is 2. The lowest BCUT2D eigenvalue weighted by molar-refractivity contribution is 1.17. The molecule has 0 radical (unpaired) electrons. The standard InChI is InChI=1S/C36H27NSSi/c1-4-14-29(15-5-1)39(30-16-6-2-7-17-30,31-18-8-3-9-19-31)32-26-24-28(25-27-32)37-33-20-10-12-22-35(33)38-36-23-13-11-21-34(36)37/h1-27H. The van der Waals surface area contributed by atoms with Gasteiger partial charge in [-0.05, 0) is 57.1 Å². The normalized spacial score (nSPS) is 12.5. The van der Waals surface area contributed by atoms with Crippen molar-refractivity contribution in [1.29, 1.82) is 0 Å². The first-order valence-electron chi connectivity index (χ1n) is 13.3. The Labute approximate surface area is 235 Å². The van der Waals surface area contributed by atoms with Gasteiger partial charge in [0.2, 0.25) is 0 Å². The van der Waals surface area contributed by atoms with Gasteiger partial charge in [-0.15, -0.1) is 0 Å². The molecular weight excluding hydrogens is 507 g/mol. The van der Waals surface area contributed by atoms with Crippen LogP contribution in [0, 0.1) is 0 Å². The molecule has 1 aliphatic heterocycles. The van der Waals surface area contributed by atoms with E-state index in [1.807, 2.05) is 11.8 Å². The van der Waals surface area contributed by atoms with Crippen LogP contribution in [0.15, 0.2) is 174 Å². The van der Waals surface area contributed by atoms with Crippen molar-refractivity contribution in [3.05, 3.63) is 164 Å². The first-order valence-corrected chi connectivity index (χ1v) is 16.1. The largest absolute Gasteiger partial charge is 0.308 e. The molecule has 1 aliphatic rings. The molecule has 0 amide bonds. The van der Waals surface area contributed by atoms with E-state index < -0.39 is 8.07 Å². The lowest BCUT2D eigenvalue weighted by Crippen LogP contribution is -2.74. The Morgan fingerprint density at radius 1 is 0.359 bits per heavy atom. The highest BCUT2D eigenvalue weighted by molar-refractivity contribution is 7.99. The SMILES string of the molecule is c1ccc([Si](c2ccccc2)(c2ccccc2)c2ccc(N3c4ccccc4Sc4ccccc43)cc2)cc1. The summed E-state index contributed by atoms with van der Waals surface area (Å²) in [7, 11) is -2.54. The van der Waals surface area contributed by atoms with E-state index in [0.717, 1.165) is 0 Å². The molecule has 6 aromatic rings. The van der Waals surface area contributed by atoms with Crippen LogP contribution in [0.5, 0.6) is 0 Å². The molecule has 186 valence electrons. The van der Waals surface area contributed by atoms with Crippen molar-refractivity contribution >= 4 is 57.6 Å². The maximum atomic E-state index is 2.40. The van der Waals surface area contributed by atoms with Crippen LogP contribution in [0.3, 0.4) is 0 Å². The van der Waals surface area contributed by atoms with Crippen molar-refractivity contribution in [2.45, 2.75) is 9.79 Å². The third-order valence-electron chi connectivity index (χ3n) is 7.61. The van der Waals surface area contributed by atoms with Crippen LogP contribution in [-0.2, 0) is 0 Å². The van der Waals surface area contributed by atoms with Gasteiger partial charge in [0, 0.05) is 15.5 Å². The molecule has 7 rings (SSSR count). The second kappa shape index (κ2) is 10.1. The van der Waals surface area contributed by atoms with Crippen molar-refractivity contribution in [2.24, 2.45) is 0 Å². The Morgan fingerprint density at radius 3 is 1.15 bits per heavy atom. The number of benzene rings is 6. The first-order chi connectivity index (χ1) is 19.4. The molecule has 0 bridgehead atoms. The molecule has 6 aromatic carbocycles. The summed E-state index contributed by atoms with van der Waals surface area (Å²) in [6.45, 7) is 0. The van der Waals surface area contributed by atoms with Crippen LogP contribution >= 0.6 is 11.8 Å². The smallest absolute Gasteiger partial charge is 0.179 e. The molecule has 0 aromatic heterocycles. The second-order valence-electron chi connectivity index (χ2n) is 9.77. The van der Waals surface area contributed by atoms with Gasteiger partial charge in [-0.1, -0.05) is 139 Å². The Bertz CT molecular complexity index is 1580. The van der Waals surface area contributed by atoms with E-state index in [2.05, 4.69) is 169 Å². The lowest BCUT2D eigenvalue weighted by atomic mass is 10.2. The predicted molar refractivity (Wildman–Crippen MR) is 169 cm³/mol. The maximum absolute atomic E-state index is 2.54. The molecule has 0 N–H and O–H groups in total. The monoisotopic (exact) mass is 533 g/mol. The minimum atomic E-state index is -2.54. The summed E-state index contributed by atoms with van der Waals surface area (Å²) in [5.74, 6) is 0. The quantitative estimate of drug-likeness (QED) is 0.173. The summed E-state index contributed by atoms with van der Waals surface area (Å²) in [5.41, 5.74) is 3.63. The van der Waals surface area contributed by atoms with Gasteiger partial charge in [0.15, 0.2) is 8.07 Å². The van der Waals surface area contributed by atoms with Crippen molar-refractivity contribution in [2.75, 3.05) is 4.90 Å². The number of nitrogens with zero attached hydrogens (tertiary/aromatic N) is 1. The van der Waals surface area contributed by atoms with Crippen molar-refractivity contribution in [1.82, 2.24) is 0 Å². The van der Waals surface area contributed by atoms with Gasteiger partial charge < -0.3 is 4.90 Å². The van der Waals surface area contributed by atoms with Crippen LogP contribution in [0.1, 0.15) is 0 Å². The molecule has 1 nitrogen and oxygen atoms in total. The van der Waals surface area contributed by atoms with Crippen LogP contribution in [-0.4, -0.2) is 8.07 Å². The predicted octanol–water partition coefficient (Wildman–Crippen LogP) is 7.00. The van der Waals surface area contributed by atoms with Crippen LogP contribution in [0.4, 0.5) is 17.1 Å². The van der Waals surface area contributed by atoms with Gasteiger partial charge >= 0.3 is 0 Å². The van der Waals surface area contributed by atoms with E-state index in [9.17, 15) is 0 Å². The van der Waals surface area contributed by atoms with Gasteiger partial charge in [-0.25, -0.2) is 0 Å². The topological polar surface area (TPSA) is 3.24 Å². The Kier molecular flexibility index (Phi) is 6.16. The highest BCUT2D eigenvalue weighted by Crippen LogP contribution is 2.50. The fraction of sp³-hybridized carbons (Fsp3) is 0. The van der Waals surface area contributed by atoms with Crippen LogP contribution in [0.2, 0.25) is 0 Å². The Hall–Kier alpha value is -4.31. The summed E-state index contributed by atoms with van der Waals surface area (Å²) in [5, 5.41) is 5.54. The molecule has 39 heavy (non-hydrogen) atoms. The Morgan fingerprint density at radius 2 is 0.718 bits per heavy atom. The number of para-hydroxylation sites is 2. The molecule has 0 spiro atoms. The highest BCUT2D eigenvalue weighted by Gasteiger charge is 2.41. The molecule has 0 saturated carbocycles. The number of hydrogen-bond donors (Lipinski definition) is 0. The molecule has 0 atom stereocenters. The number of rotatable bonds is 5. The lowest BCUT2D eigenvalue weighted by Gasteiger charge is -2.36. The fourth-order valence-electron chi connectivity index (χ4n) is 5.91. The van der Waals surface area contributed by atoms with Gasteiger partial charge in [0.1, 0.15) is 0 Å². The van der Waals surface area contributed by atoms with E-state index >= 15 is 0 Å². The van der Waals surface area contributed by atoms with Gasteiger partial charge in [0.05, 0.1) is 11.4 Å². The maximum Gasteiger partial charge on any atom is 0.179 e.